The number of carbonyl (C=O) groups excluding carboxylic acids is 1. The van der Waals surface area contributed by atoms with Gasteiger partial charge in [0.2, 0.25) is 0 Å². The molecule has 1 aromatic carbocycles. The van der Waals surface area contributed by atoms with Gasteiger partial charge in [-0.15, -0.1) is 0 Å². The van der Waals surface area contributed by atoms with Crippen molar-refractivity contribution >= 4 is 17.4 Å². The Kier molecular flexibility index (Phi) is 6.03. The van der Waals surface area contributed by atoms with Gasteiger partial charge in [0, 0.05) is 38.1 Å². The highest BCUT2D eigenvalue weighted by Crippen LogP contribution is 2.22. The van der Waals surface area contributed by atoms with Gasteiger partial charge in [-0.05, 0) is 38.1 Å². The van der Waals surface area contributed by atoms with Crippen LogP contribution in [0.25, 0.3) is 0 Å². The number of nitrogens with zero attached hydrogens (tertiary/aromatic N) is 1. The molecule has 0 bridgehead atoms. The summed E-state index contributed by atoms with van der Waals surface area (Å²) in [6.07, 6.45) is 0.459. The summed E-state index contributed by atoms with van der Waals surface area (Å²) in [5.41, 5.74) is 1.92. The molecule has 1 aliphatic heterocycles. The van der Waals surface area contributed by atoms with Crippen molar-refractivity contribution in [1.82, 2.24) is 5.32 Å². The van der Waals surface area contributed by atoms with E-state index in [4.69, 9.17) is 9.47 Å². The topological polar surface area (TPSA) is 62.8 Å². The monoisotopic (exact) mass is 307 g/mol. The molecule has 2 unspecified atom stereocenters. The van der Waals surface area contributed by atoms with Crippen LogP contribution in [0.3, 0.4) is 0 Å². The van der Waals surface area contributed by atoms with E-state index in [0.717, 1.165) is 24.5 Å². The number of urea groups is 1. The first-order chi connectivity index (χ1) is 10.6. The predicted molar refractivity (Wildman–Crippen MR) is 87.6 cm³/mol. The first-order valence-corrected chi connectivity index (χ1v) is 7.62. The van der Waals surface area contributed by atoms with Crippen LogP contribution >= 0.6 is 0 Å². The second-order valence-corrected chi connectivity index (χ2v) is 5.58. The molecule has 1 fully saturated rings. The van der Waals surface area contributed by atoms with Crippen molar-refractivity contribution in [2.75, 3.05) is 43.6 Å². The van der Waals surface area contributed by atoms with E-state index in [9.17, 15) is 4.79 Å². The van der Waals surface area contributed by atoms with Crippen molar-refractivity contribution in [1.29, 1.82) is 0 Å². The molecule has 1 aromatic rings. The normalized spacial score (nSPS) is 21.5. The van der Waals surface area contributed by atoms with Crippen LogP contribution in [0.15, 0.2) is 24.3 Å². The average molecular weight is 307 g/mol. The van der Waals surface area contributed by atoms with E-state index in [1.54, 1.807) is 7.11 Å². The van der Waals surface area contributed by atoms with Crippen LogP contribution in [0.4, 0.5) is 16.2 Å². The fraction of sp³-hybridized carbons (Fsp3) is 0.562. The number of hydrogen-bond donors (Lipinski definition) is 2. The van der Waals surface area contributed by atoms with Crippen LogP contribution in [0, 0.1) is 0 Å². The molecule has 0 aromatic heterocycles. The number of carbonyl (C=O) groups is 1. The Morgan fingerprint density at radius 3 is 2.50 bits per heavy atom. The minimum absolute atomic E-state index is 0.224. The molecule has 6 heteroatoms. The summed E-state index contributed by atoms with van der Waals surface area (Å²) in [5.74, 6) is 0. The molecule has 6 nitrogen and oxygen atoms in total. The number of morpholine rings is 1. The fourth-order valence-electron chi connectivity index (χ4n) is 2.59. The minimum Gasteiger partial charge on any atom is -0.383 e. The molecule has 0 radical (unpaired) electrons. The Labute approximate surface area is 131 Å². The lowest BCUT2D eigenvalue weighted by Gasteiger charge is -2.36. The zero-order valence-electron chi connectivity index (χ0n) is 13.5. The van der Waals surface area contributed by atoms with Gasteiger partial charge in [0.15, 0.2) is 0 Å². The summed E-state index contributed by atoms with van der Waals surface area (Å²) in [6.45, 7) is 6.93. The molecular weight excluding hydrogens is 282 g/mol. The van der Waals surface area contributed by atoms with Crippen molar-refractivity contribution in [3.8, 4) is 0 Å². The summed E-state index contributed by atoms with van der Waals surface area (Å²) >= 11 is 0. The molecule has 1 saturated heterocycles. The highest BCUT2D eigenvalue weighted by Gasteiger charge is 2.22. The zero-order chi connectivity index (χ0) is 15.9. The van der Waals surface area contributed by atoms with Gasteiger partial charge in [0.1, 0.15) is 0 Å². The third-order valence-corrected chi connectivity index (χ3v) is 3.50. The standard InChI is InChI=1S/C16H25N3O3/c1-12-10-19(11-13(2)22-12)15-6-4-14(5-7-15)18-16(20)17-8-9-21-3/h4-7,12-13H,8-11H2,1-3H3,(H2,17,18,20). The number of rotatable bonds is 5. The van der Waals surface area contributed by atoms with Crippen molar-refractivity contribution < 1.29 is 14.3 Å². The molecule has 2 amide bonds. The molecule has 1 heterocycles. The lowest BCUT2D eigenvalue weighted by Crippen LogP contribution is -2.45. The highest BCUT2D eigenvalue weighted by atomic mass is 16.5. The Balaban J connectivity index is 1.88. The Morgan fingerprint density at radius 1 is 1.27 bits per heavy atom. The third kappa shape index (κ3) is 4.89. The molecular formula is C16H25N3O3. The second-order valence-electron chi connectivity index (χ2n) is 5.58. The molecule has 0 spiro atoms. The average Bonchev–Trinajstić information content (AvgIpc) is 2.47. The van der Waals surface area contributed by atoms with Gasteiger partial charge in [-0.25, -0.2) is 4.79 Å². The van der Waals surface area contributed by atoms with Gasteiger partial charge in [0.05, 0.1) is 18.8 Å². The van der Waals surface area contributed by atoms with Gasteiger partial charge < -0.3 is 25.0 Å². The van der Waals surface area contributed by atoms with Crippen LogP contribution in [-0.4, -0.2) is 51.6 Å². The van der Waals surface area contributed by atoms with Crippen LogP contribution in [0.2, 0.25) is 0 Å². The fourth-order valence-corrected chi connectivity index (χ4v) is 2.59. The first-order valence-electron chi connectivity index (χ1n) is 7.62. The Morgan fingerprint density at radius 2 is 1.91 bits per heavy atom. The maximum absolute atomic E-state index is 11.7. The number of hydrogen-bond acceptors (Lipinski definition) is 4. The van der Waals surface area contributed by atoms with E-state index in [-0.39, 0.29) is 18.2 Å². The molecule has 2 rings (SSSR count). The van der Waals surface area contributed by atoms with Gasteiger partial charge in [-0.1, -0.05) is 0 Å². The van der Waals surface area contributed by atoms with E-state index >= 15 is 0 Å². The number of methoxy groups -OCH3 is 1. The highest BCUT2D eigenvalue weighted by molar-refractivity contribution is 5.89. The van der Waals surface area contributed by atoms with E-state index in [2.05, 4.69) is 29.4 Å². The van der Waals surface area contributed by atoms with Crippen LogP contribution in [0.5, 0.6) is 0 Å². The lowest BCUT2D eigenvalue weighted by molar-refractivity contribution is -0.00521. The van der Waals surface area contributed by atoms with Crippen LogP contribution < -0.4 is 15.5 Å². The van der Waals surface area contributed by atoms with Gasteiger partial charge >= 0.3 is 6.03 Å². The smallest absolute Gasteiger partial charge is 0.319 e. The van der Waals surface area contributed by atoms with E-state index in [1.807, 2.05) is 24.3 Å². The summed E-state index contributed by atoms with van der Waals surface area (Å²) in [7, 11) is 1.60. The van der Waals surface area contributed by atoms with Crippen molar-refractivity contribution in [2.45, 2.75) is 26.1 Å². The summed E-state index contributed by atoms with van der Waals surface area (Å²) in [5, 5.41) is 5.52. The number of amides is 2. The van der Waals surface area contributed by atoms with E-state index in [0.29, 0.717) is 13.2 Å². The molecule has 122 valence electrons. The minimum atomic E-state index is -0.224. The number of anilines is 2. The second kappa shape index (κ2) is 8.00. The molecule has 2 atom stereocenters. The van der Waals surface area contributed by atoms with Crippen molar-refractivity contribution in [2.24, 2.45) is 0 Å². The van der Waals surface area contributed by atoms with Gasteiger partial charge in [-0.3, -0.25) is 0 Å². The molecule has 22 heavy (non-hydrogen) atoms. The number of nitrogens with one attached hydrogen (secondary N) is 2. The number of ether oxygens (including phenoxy) is 2. The van der Waals surface area contributed by atoms with Crippen molar-refractivity contribution in [3.63, 3.8) is 0 Å². The molecule has 0 saturated carbocycles. The Hall–Kier alpha value is -1.79. The van der Waals surface area contributed by atoms with E-state index in [1.165, 1.54) is 0 Å². The van der Waals surface area contributed by atoms with Crippen LogP contribution in [-0.2, 0) is 9.47 Å². The zero-order valence-corrected chi connectivity index (χ0v) is 13.5. The maximum Gasteiger partial charge on any atom is 0.319 e. The Bertz CT molecular complexity index is 468. The molecule has 0 aliphatic carbocycles. The molecule has 2 N–H and O–H groups in total. The lowest BCUT2D eigenvalue weighted by atomic mass is 10.2. The largest absolute Gasteiger partial charge is 0.383 e. The summed E-state index contributed by atoms with van der Waals surface area (Å²) in [6, 6.07) is 7.65. The first kappa shape index (κ1) is 16.6. The van der Waals surface area contributed by atoms with Gasteiger partial charge in [0.25, 0.3) is 0 Å². The van der Waals surface area contributed by atoms with Gasteiger partial charge in [-0.2, -0.15) is 0 Å². The van der Waals surface area contributed by atoms with Crippen molar-refractivity contribution in [3.05, 3.63) is 24.3 Å². The summed E-state index contributed by atoms with van der Waals surface area (Å²) in [4.78, 5) is 14.0. The summed E-state index contributed by atoms with van der Waals surface area (Å²) < 4.78 is 10.6. The predicted octanol–water partition coefficient (Wildman–Crippen LogP) is 2.07. The third-order valence-electron chi connectivity index (χ3n) is 3.50. The quantitative estimate of drug-likeness (QED) is 0.818. The SMILES string of the molecule is COCCNC(=O)Nc1ccc(N2CC(C)OC(C)C2)cc1. The van der Waals surface area contributed by atoms with Crippen LogP contribution in [0.1, 0.15) is 13.8 Å². The van der Waals surface area contributed by atoms with E-state index < -0.39 is 0 Å². The maximum atomic E-state index is 11.7. The number of benzene rings is 1. The molecule has 1 aliphatic rings.